The number of benzene rings is 1. The van der Waals surface area contributed by atoms with Gasteiger partial charge in [0.05, 0.1) is 24.0 Å². The fourth-order valence-electron chi connectivity index (χ4n) is 6.60. The summed E-state index contributed by atoms with van der Waals surface area (Å²) < 4.78 is 69.2. The van der Waals surface area contributed by atoms with E-state index in [9.17, 15) is 31.5 Å². The smallest absolute Gasteiger partial charge is 0.477 e. The minimum Gasteiger partial charge on any atom is -0.477 e. The molecule has 1 N–H and O–H groups in total. The monoisotopic (exact) mass is 609 g/mol. The third-order valence-corrected chi connectivity index (χ3v) is 11.4. The maximum absolute atomic E-state index is 13.4. The molecular weight excluding hydrogens is 571 g/mol. The largest absolute Gasteiger partial charge is 0.497 e. The van der Waals surface area contributed by atoms with Crippen molar-refractivity contribution in [2.24, 2.45) is 5.92 Å². The molecule has 1 aromatic carbocycles. The third kappa shape index (κ3) is 6.30. The molecule has 1 aliphatic carbocycles. The third-order valence-electron chi connectivity index (χ3n) is 9.13. The van der Waals surface area contributed by atoms with Gasteiger partial charge in [-0.1, -0.05) is 25.0 Å². The second kappa shape index (κ2) is 12.5. The van der Waals surface area contributed by atoms with Crippen LogP contribution in [0.2, 0.25) is 0 Å². The summed E-state index contributed by atoms with van der Waals surface area (Å²) in [5, 5.41) is 9.51. The summed E-state index contributed by atoms with van der Waals surface area (Å²) in [6.07, 6.45) is 5.96. The Morgan fingerprint density at radius 3 is 2.24 bits per heavy atom. The highest BCUT2D eigenvalue weighted by atomic mass is 32.2. The number of sulfone groups is 1. The van der Waals surface area contributed by atoms with Crippen LogP contribution in [-0.2, 0) is 9.84 Å². The van der Waals surface area contributed by atoms with Crippen LogP contribution in [0.3, 0.4) is 0 Å². The number of hydrogen-bond acceptors (Lipinski definition) is 7. The molecular formula is C30H38F3N3O5S. The Balaban J connectivity index is 1.10. The molecule has 0 spiro atoms. The molecule has 3 fully saturated rings. The number of halogens is 3. The second-order valence-corrected chi connectivity index (χ2v) is 14.1. The molecule has 1 unspecified atom stereocenters. The summed E-state index contributed by atoms with van der Waals surface area (Å²) in [4.78, 5) is 20.8. The summed E-state index contributed by atoms with van der Waals surface area (Å²) in [5.74, 6) is 0.598. The van der Waals surface area contributed by atoms with E-state index >= 15 is 0 Å². The van der Waals surface area contributed by atoms with Crippen molar-refractivity contribution in [3.63, 3.8) is 0 Å². The number of likely N-dealkylation sites (tertiary alicyclic amines) is 2. The molecule has 1 atom stereocenters. The summed E-state index contributed by atoms with van der Waals surface area (Å²) in [7, 11) is -5.23. The van der Waals surface area contributed by atoms with E-state index < -0.39 is 20.1 Å². The van der Waals surface area contributed by atoms with Gasteiger partial charge in [0.25, 0.3) is 15.7 Å². The minimum atomic E-state index is -5.23. The van der Waals surface area contributed by atoms with Gasteiger partial charge in [-0.25, -0.2) is 13.4 Å². The lowest BCUT2D eigenvalue weighted by molar-refractivity contribution is -0.0466. The van der Waals surface area contributed by atoms with Crippen LogP contribution >= 0.6 is 0 Å². The van der Waals surface area contributed by atoms with Crippen LogP contribution in [0.4, 0.5) is 13.2 Å². The van der Waals surface area contributed by atoms with Crippen molar-refractivity contribution in [1.29, 1.82) is 0 Å². The number of rotatable bonds is 9. The zero-order valence-electron chi connectivity index (χ0n) is 23.6. The molecule has 1 saturated carbocycles. The Hall–Kier alpha value is -2.70. The van der Waals surface area contributed by atoms with Gasteiger partial charge in [0, 0.05) is 36.5 Å². The second-order valence-electron chi connectivity index (χ2n) is 11.8. The summed E-state index contributed by atoms with van der Waals surface area (Å²) >= 11 is 0. The molecule has 2 saturated heterocycles. The van der Waals surface area contributed by atoms with Crippen molar-refractivity contribution in [3.05, 3.63) is 48.2 Å². The molecule has 42 heavy (non-hydrogen) atoms. The number of ether oxygens (including phenoxy) is 1. The SMILES string of the molecule is O=C(c1ccc(-c2ccc(OCC3CCN(CC4(S(=O)(=O)C(F)(F)F)CCCC4)CC3)nc2)cc1)N1CCCC1CO. The van der Waals surface area contributed by atoms with Crippen LogP contribution in [0.5, 0.6) is 5.88 Å². The van der Waals surface area contributed by atoms with E-state index in [0.29, 0.717) is 63.4 Å². The Kier molecular flexibility index (Phi) is 9.15. The quantitative estimate of drug-likeness (QED) is 0.441. The summed E-state index contributed by atoms with van der Waals surface area (Å²) in [5.41, 5.74) is -2.87. The molecule has 0 bridgehead atoms. The van der Waals surface area contributed by atoms with Crippen LogP contribution in [0.15, 0.2) is 42.6 Å². The van der Waals surface area contributed by atoms with Crippen molar-refractivity contribution < 1.29 is 36.2 Å². The molecule has 230 valence electrons. The van der Waals surface area contributed by atoms with E-state index in [1.165, 1.54) is 0 Å². The van der Waals surface area contributed by atoms with Crippen LogP contribution in [0.1, 0.15) is 61.7 Å². The van der Waals surface area contributed by atoms with Gasteiger partial charge in [-0.15, -0.1) is 0 Å². The lowest BCUT2D eigenvalue weighted by Gasteiger charge is -2.38. The number of aliphatic hydroxyl groups is 1. The number of aromatic nitrogens is 1. The van der Waals surface area contributed by atoms with Gasteiger partial charge in [-0.05, 0) is 81.3 Å². The van der Waals surface area contributed by atoms with Gasteiger partial charge in [0.15, 0.2) is 0 Å². The van der Waals surface area contributed by atoms with E-state index in [-0.39, 0.29) is 43.9 Å². The number of alkyl halides is 3. The zero-order chi connectivity index (χ0) is 30.0. The Morgan fingerprint density at radius 2 is 1.64 bits per heavy atom. The lowest BCUT2D eigenvalue weighted by Crippen LogP contribution is -2.53. The van der Waals surface area contributed by atoms with Crippen molar-refractivity contribution in [2.45, 2.75) is 67.7 Å². The van der Waals surface area contributed by atoms with Gasteiger partial charge in [0.2, 0.25) is 5.88 Å². The Labute approximate surface area is 244 Å². The molecule has 8 nitrogen and oxygen atoms in total. The van der Waals surface area contributed by atoms with Gasteiger partial charge in [-0.2, -0.15) is 13.2 Å². The number of piperidine rings is 1. The van der Waals surface area contributed by atoms with Crippen molar-refractivity contribution in [2.75, 3.05) is 39.4 Å². The van der Waals surface area contributed by atoms with E-state index in [4.69, 9.17) is 4.74 Å². The lowest BCUT2D eigenvalue weighted by atomic mass is 9.96. The first-order chi connectivity index (χ1) is 20.0. The number of hydrogen-bond donors (Lipinski definition) is 1. The van der Waals surface area contributed by atoms with Crippen LogP contribution in [0.25, 0.3) is 11.1 Å². The number of carbonyl (C=O) groups is 1. The fourth-order valence-corrected chi connectivity index (χ4v) is 8.27. The van der Waals surface area contributed by atoms with Gasteiger partial charge in [-0.3, -0.25) is 4.79 Å². The standard InChI is InChI=1S/C30H38F3N3O5S/c31-30(32,33)42(39,40)29(13-1-2-14-29)21-35-16-11-22(12-17-35)20-41-27-10-9-25(18-34-27)23-5-7-24(8-6-23)28(38)36-15-3-4-26(36)19-37/h5-10,18,22,26,37H,1-4,11-17,19-21H2. The zero-order valence-corrected chi connectivity index (χ0v) is 24.4. The number of pyridine rings is 1. The van der Waals surface area contributed by atoms with Crippen molar-refractivity contribution >= 4 is 15.7 Å². The maximum Gasteiger partial charge on any atom is 0.497 e. The molecule has 1 aromatic heterocycles. The highest BCUT2D eigenvalue weighted by molar-refractivity contribution is 7.93. The number of carbonyl (C=O) groups excluding carboxylic acids is 1. The highest BCUT2D eigenvalue weighted by Crippen LogP contribution is 2.45. The van der Waals surface area contributed by atoms with Crippen LogP contribution in [-0.4, -0.2) is 89.9 Å². The average Bonchev–Trinajstić information content (AvgIpc) is 3.67. The first-order valence-electron chi connectivity index (χ1n) is 14.7. The van der Waals surface area contributed by atoms with Gasteiger partial charge >= 0.3 is 5.51 Å². The van der Waals surface area contributed by atoms with Gasteiger partial charge < -0.3 is 19.6 Å². The number of amides is 1. The molecule has 3 heterocycles. The van der Waals surface area contributed by atoms with Crippen LogP contribution in [0, 0.1) is 5.92 Å². The van der Waals surface area contributed by atoms with Crippen LogP contribution < -0.4 is 4.74 Å². The fraction of sp³-hybridized carbons (Fsp3) is 0.600. The van der Waals surface area contributed by atoms with E-state index in [0.717, 1.165) is 24.0 Å². The Bertz CT molecular complexity index is 1320. The first kappa shape index (κ1) is 30.7. The topological polar surface area (TPSA) is 100 Å². The summed E-state index contributed by atoms with van der Waals surface area (Å²) in [6.45, 7) is 2.06. The minimum absolute atomic E-state index is 0.0263. The predicted octanol–water partition coefficient (Wildman–Crippen LogP) is 4.68. The average molecular weight is 610 g/mol. The molecule has 2 aromatic rings. The number of aliphatic hydroxyl groups excluding tert-OH is 1. The molecule has 1 amide bonds. The van der Waals surface area contributed by atoms with E-state index in [2.05, 4.69) is 4.98 Å². The first-order valence-corrected chi connectivity index (χ1v) is 16.2. The predicted molar refractivity (Wildman–Crippen MR) is 152 cm³/mol. The maximum atomic E-state index is 13.4. The normalized spacial score (nSPS) is 22.0. The molecule has 5 rings (SSSR count). The van der Waals surface area contributed by atoms with E-state index in [1.54, 1.807) is 29.3 Å². The Morgan fingerprint density at radius 1 is 0.976 bits per heavy atom. The highest BCUT2D eigenvalue weighted by Gasteiger charge is 2.60. The molecule has 2 aliphatic heterocycles. The van der Waals surface area contributed by atoms with Crippen molar-refractivity contribution in [3.8, 4) is 17.0 Å². The molecule has 0 radical (unpaired) electrons. The summed E-state index contributed by atoms with van der Waals surface area (Å²) in [6, 6.07) is 10.9. The number of nitrogens with zero attached hydrogens (tertiary/aromatic N) is 3. The van der Waals surface area contributed by atoms with Crippen molar-refractivity contribution in [1.82, 2.24) is 14.8 Å². The molecule has 12 heteroatoms. The molecule has 3 aliphatic rings. The van der Waals surface area contributed by atoms with Gasteiger partial charge in [0.1, 0.15) is 0 Å². The van der Waals surface area contributed by atoms with E-state index in [1.807, 2.05) is 23.1 Å².